The van der Waals surface area contributed by atoms with Crippen molar-refractivity contribution in [2.75, 3.05) is 18.0 Å². The number of piperidine rings is 1. The second-order valence-electron chi connectivity index (χ2n) is 7.50. The van der Waals surface area contributed by atoms with Gasteiger partial charge in [-0.3, -0.25) is 4.79 Å². The number of hydrogen-bond donors (Lipinski definition) is 0. The highest BCUT2D eigenvalue weighted by molar-refractivity contribution is 5.79. The van der Waals surface area contributed by atoms with Crippen LogP contribution in [0.25, 0.3) is 0 Å². The lowest BCUT2D eigenvalue weighted by Crippen LogP contribution is -2.43. The first-order valence-corrected chi connectivity index (χ1v) is 9.59. The molecule has 5 heteroatoms. The van der Waals surface area contributed by atoms with E-state index in [1.165, 1.54) is 5.56 Å². The average Bonchev–Trinajstić information content (AvgIpc) is 3.52. The summed E-state index contributed by atoms with van der Waals surface area (Å²) in [6.45, 7) is 4.44. The molecule has 1 aromatic heterocycles. The first-order valence-electron chi connectivity index (χ1n) is 9.59. The fourth-order valence-electron chi connectivity index (χ4n) is 3.66. The monoisotopic (exact) mass is 350 g/mol. The average molecular weight is 350 g/mol. The summed E-state index contributed by atoms with van der Waals surface area (Å²) in [6.07, 6.45) is 7.77. The molecule has 2 heterocycles. The van der Waals surface area contributed by atoms with Crippen LogP contribution < -0.4 is 4.90 Å². The number of carbonyl (C=O) groups excluding carboxylic acids is 1. The van der Waals surface area contributed by atoms with Gasteiger partial charge in [0.25, 0.3) is 0 Å². The zero-order valence-corrected chi connectivity index (χ0v) is 15.3. The van der Waals surface area contributed by atoms with Gasteiger partial charge in [-0.15, -0.1) is 0 Å². The largest absolute Gasteiger partial charge is 0.341 e. The quantitative estimate of drug-likeness (QED) is 0.831. The van der Waals surface area contributed by atoms with E-state index in [1.807, 2.05) is 37.5 Å². The summed E-state index contributed by atoms with van der Waals surface area (Å²) in [6, 6.07) is 10.8. The first kappa shape index (κ1) is 17.0. The smallest absolute Gasteiger partial charge is 0.226 e. The highest BCUT2D eigenvalue weighted by atomic mass is 16.2. The van der Waals surface area contributed by atoms with Crippen LogP contribution in [0.3, 0.4) is 0 Å². The molecule has 2 aliphatic rings. The van der Waals surface area contributed by atoms with Gasteiger partial charge in [-0.25, -0.2) is 9.97 Å². The predicted molar refractivity (Wildman–Crippen MR) is 102 cm³/mol. The SMILES string of the molecule is Cc1cnc(N2CCC(C(=O)N(Cc3ccccc3)C3CC3)CC2)nc1. The third-order valence-corrected chi connectivity index (χ3v) is 5.36. The molecule has 1 aromatic carbocycles. The Morgan fingerprint density at radius 1 is 1.08 bits per heavy atom. The molecule has 0 radical (unpaired) electrons. The third-order valence-electron chi connectivity index (χ3n) is 5.36. The Hall–Kier alpha value is -2.43. The van der Waals surface area contributed by atoms with E-state index < -0.39 is 0 Å². The maximum absolute atomic E-state index is 13.1. The standard InChI is InChI=1S/C21H26N4O/c1-16-13-22-21(23-14-16)24-11-9-18(10-12-24)20(26)25(19-7-8-19)15-17-5-3-2-4-6-17/h2-6,13-14,18-19H,7-12,15H2,1H3. The summed E-state index contributed by atoms with van der Waals surface area (Å²) in [5.74, 6) is 1.24. The number of anilines is 1. The van der Waals surface area contributed by atoms with Crippen LogP contribution >= 0.6 is 0 Å². The molecule has 5 nitrogen and oxygen atoms in total. The Balaban J connectivity index is 1.38. The third kappa shape index (κ3) is 3.87. The second kappa shape index (κ2) is 7.44. The van der Waals surface area contributed by atoms with Crippen molar-refractivity contribution in [3.05, 3.63) is 53.9 Å². The van der Waals surface area contributed by atoms with Crippen molar-refractivity contribution in [2.24, 2.45) is 5.92 Å². The first-order chi connectivity index (χ1) is 12.7. The molecule has 1 saturated heterocycles. The van der Waals surface area contributed by atoms with Crippen LogP contribution in [0.1, 0.15) is 36.8 Å². The molecular formula is C21H26N4O. The van der Waals surface area contributed by atoms with E-state index in [-0.39, 0.29) is 5.92 Å². The van der Waals surface area contributed by atoms with Crippen molar-refractivity contribution in [1.82, 2.24) is 14.9 Å². The Labute approximate surface area is 155 Å². The van der Waals surface area contributed by atoms with E-state index in [4.69, 9.17) is 0 Å². The van der Waals surface area contributed by atoms with Crippen LogP contribution in [0, 0.1) is 12.8 Å². The molecule has 0 atom stereocenters. The van der Waals surface area contributed by atoms with Gasteiger partial charge in [0.1, 0.15) is 0 Å². The van der Waals surface area contributed by atoms with Crippen molar-refractivity contribution in [1.29, 1.82) is 0 Å². The number of carbonyl (C=O) groups is 1. The van der Waals surface area contributed by atoms with Crippen LogP contribution in [-0.4, -0.2) is 39.9 Å². The number of benzene rings is 1. The van der Waals surface area contributed by atoms with Gasteiger partial charge < -0.3 is 9.80 Å². The normalized spacial score (nSPS) is 18.0. The van der Waals surface area contributed by atoms with E-state index >= 15 is 0 Å². The lowest BCUT2D eigenvalue weighted by Gasteiger charge is -2.34. The Kier molecular flexibility index (Phi) is 4.87. The van der Waals surface area contributed by atoms with Crippen LogP contribution in [0.4, 0.5) is 5.95 Å². The number of hydrogen-bond acceptors (Lipinski definition) is 4. The Morgan fingerprint density at radius 2 is 1.73 bits per heavy atom. The number of aryl methyl sites for hydroxylation is 1. The molecular weight excluding hydrogens is 324 g/mol. The second-order valence-corrected chi connectivity index (χ2v) is 7.50. The summed E-state index contributed by atoms with van der Waals surface area (Å²) in [4.78, 5) is 26.3. The molecule has 26 heavy (non-hydrogen) atoms. The number of nitrogens with zero attached hydrogens (tertiary/aromatic N) is 4. The molecule has 2 fully saturated rings. The van der Waals surface area contributed by atoms with Crippen molar-refractivity contribution >= 4 is 11.9 Å². The molecule has 0 unspecified atom stereocenters. The summed E-state index contributed by atoms with van der Waals surface area (Å²) in [5.41, 5.74) is 2.29. The molecule has 1 aliphatic heterocycles. The van der Waals surface area contributed by atoms with Crippen molar-refractivity contribution in [3.8, 4) is 0 Å². The summed E-state index contributed by atoms with van der Waals surface area (Å²) in [7, 11) is 0. The minimum absolute atomic E-state index is 0.126. The van der Waals surface area contributed by atoms with Crippen LogP contribution in [0.15, 0.2) is 42.7 Å². The molecule has 136 valence electrons. The summed E-state index contributed by atoms with van der Waals surface area (Å²) >= 11 is 0. The fraction of sp³-hybridized carbons (Fsp3) is 0.476. The number of amides is 1. The topological polar surface area (TPSA) is 49.3 Å². The van der Waals surface area contributed by atoms with Gasteiger partial charge in [-0.05, 0) is 43.7 Å². The summed E-state index contributed by atoms with van der Waals surface area (Å²) in [5, 5.41) is 0. The lowest BCUT2D eigenvalue weighted by atomic mass is 9.95. The molecule has 0 spiro atoms. The van der Waals surface area contributed by atoms with E-state index in [2.05, 4.69) is 31.9 Å². The van der Waals surface area contributed by atoms with Gasteiger partial charge in [-0.2, -0.15) is 0 Å². The zero-order valence-electron chi connectivity index (χ0n) is 15.3. The molecule has 2 aromatic rings. The predicted octanol–water partition coefficient (Wildman–Crippen LogP) is 3.19. The molecule has 1 amide bonds. The van der Waals surface area contributed by atoms with Crippen LogP contribution in [0.5, 0.6) is 0 Å². The lowest BCUT2D eigenvalue weighted by molar-refractivity contribution is -0.137. The molecule has 4 rings (SSSR count). The van der Waals surface area contributed by atoms with E-state index in [1.54, 1.807) is 0 Å². The van der Waals surface area contributed by atoms with Gasteiger partial charge in [0.15, 0.2) is 0 Å². The Morgan fingerprint density at radius 3 is 2.35 bits per heavy atom. The van der Waals surface area contributed by atoms with Crippen LogP contribution in [-0.2, 0) is 11.3 Å². The molecule has 0 N–H and O–H groups in total. The molecule has 0 bridgehead atoms. The van der Waals surface area contributed by atoms with Crippen molar-refractivity contribution in [2.45, 2.75) is 45.2 Å². The van der Waals surface area contributed by atoms with Crippen LogP contribution in [0.2, 0.25) is 0 Å². The highest BCUT2D eigenvalue weighted by Crippen LogP contribution is 2.32. The Bertz CT molecular complexity index is 734. The van der Waals surface area contributed by atoms with Gasteiger partial charge in [0.05, 0.1) is 0 Å². The number of rotatable bonds is 5. The van der Waals surface area contributed by atoms with Gasteiger partial charge in [0.2, 0.25) is 11.9 Å². The fourth-order valence-corrected chi connectivity index (χ4v) is 3.66. The van der Waals surface area contributed by atoms with Gasteiger partial charge >= 0.3 is 0 Å². The maximum Gasteiger partial charge on any atom is 0.226 e. The molecule has 1 saturated carbocycles. The number of aromatic nitrogens is 2. The summed E-state index contributed by atoms with van der Waals surface area (Å²) < 4.78 is 0. The zero-order chi connectivity index (χ0) is 17.9. The molecule has 1 aliphatic carbocycles. The van der Waals surface area contributed by atoms with Gasteiger partial charge in [0, 0.05) is 44.0 Å². The van der Waals surface area contributed by atoms with E-state index in [9.17, 15) is 4.79 Å². The van der Waals surface area contributed by atoms with Crippen molar-refractivity contribution < 1.29 is 4.79 Å². The van der Waals surface area contributed by atoms with E-state index in [0.717, 1.165) is 56.8 Å². The van der Waals surface area contributed by atoms with Crippen molar-refractivity contribution in [3.63, 3.8) is 0 Å². The minimum atomic E-state index is 0.126. The maximum atomic E-state index is 13.1. The van der Waals surface area contributed by atoms with Gasteiger partial charge in [-0.1, -0.05) is 30.3 Å². The van der Waals surface area contributed by atoms with E-state index in [0.29, 0.717) is 11.9 Å². The minimum Gasteiger partial charge on any atom is -0.341 e. The highest BCUT2D eigenvalue weighted by Gasteiger charge is 2.37.